The number of nitrogens with zero attached hydrogens (tertiary/aromatic N) is 5. The summed E-state index contributed by atoms with van der Waals surface area (Å²) >= 11 is 0. The first kappa shape index (κ1) is 28.4. The smallest absolute Gasteiger partial charge is 0.415 e. The average molecular weight is 559 g/mol. The molecular formula is C31H38N6O4. The van der Waals surface area contributed by atoms with E-state index in [1.807, 2.05) is 30.3 Å². The fourth-order valence-corrected chi connectivity index (χ4v) is 5.05. The van der Waals surface area contributed by atoms with Crippen molar-refractivity contribution >= 4 is 24.0 Å². The van der Waals surface area contributed by atoms with Gasteiger partial charge in [-0.3, -0.25) is 9.80 Å². The average Bonchev–Trinajstić information content (AvgIpc) is 3.39. The molecule has 1 aromatic heterocycles. The van der Waals surface area contributed by atoms with Crippen molar-refractivity contribution in [2.24, 2.45) is 5.92 Å². The summed E-state index contributed by atoms with van der Waals surface area (Å²) in [6.45, 7) is 9.29. The molecule has 2 aliphatic heterocycles. The van der Waals surface area contributed by atoms with E-state index in [0.717, 1.165) is 31.6 Å². The van der Waals surface area contributed by atoms with Gasteiger partial charge >= 0.3 is 12.2 Å². The first-order chi connectivity index (χ1) is 20.0. The van der Waals surface area contributed by atoms with E-state index in [4.69, 9.17) is 9.47 Å². The Morgan fingerprint density at radius 2 is 1.73 bits per heavy atom. The maximum atomic E-state index is 12.4. The lowest BCUT2D eigenvalue weighted by molar-refractivity contribution is 0.0700. The summed E-state index contributed by atoms with van der Waals surface area (Å²) in [5, 5.41) is 3.28. The Morgan fingerprint density at radius 1 is 1.00 bits per heavy atom. The number of nitrogens with one attached hydrogen (secondary N) is 1. The van der Waals surface area contributed by atoms with Crippen LogP contribution in [0.4, 0.5) is 21.4 Å². The van der Waals surface area contributed by atoms with E-state index in [1.165, 1.54) is 11.1 Å². The van der Waals surface area contributed by atoms with E-state index in [2.05, 4.69) is 58.3 Å². The number of carbonyl (C=O) groups excluding carboxylic acids is 2. The molecule has 2 aromatic carbocycles. The van der Waals surface area contributed by atoms with Crippen LogP contribution in [0.1, 0.15) is 30.5 Å². The summed E-state index contributed by atoms with van der Waals surface area (Å²) in [6, 6.07) is 20.1. The Labute approximate surface area is 241 Å². The molecule has 0 radical (unpaired) electrons. The minimum Gasteiger partial charge on any atom is -0.447 e. The highest BCUT2D eigenvalue weighted by molar-refractivity contribution is 5.89. The summed E-state index contributed by atoms with van der Waals surface area (Å²) in [7, 11) is 0. The van der Waals surface area contributed by atoms with Crippen molar-refractivity contribution in [1.82, 2.24) is 19.8 Å². The second-order valence-corrected chi connectivity index (χ2v) is 10.8. The number of ether oxygens (including phenoxy) is 2. The second-order valence-electron chi connectivity index (χ2n) is 10.8. The van der Waals surface area contributed by atoms with Crippen LogP contribution in [0.15, 0.2) is 66.9 Å². The lowest BCUT2D eigenvalue weighted by atomic mass is 10.0. The molecule has 10 heteroatoms. The molecule has 5 rings (SSSR count). The number of cyclic esters (lactones) is 1. The molecule has 0 saturated carbocycles. The number of rotatable bonds is 10. The monoisotopic (exact) mass is 558 g/mol. The Kier molecular flexibility index (Phi) is 9.30. The number of hydrogen-bond donors (Lipinski definition) is 1. The van der Waals surface area contributed by atoms with Crippen LogP contribution in [0.2, 0.25) is 0 Å². The van der Waals surface area contributed by atoms with Crippen LogP contribution in [0.3, 0.4) is 0 Å². The molecular weight excluding hydrogens is 520 g/mol. The van der Waals surface area contributed by atoms with Gasteiger partial charge in [-0.15, -0.1) is 0 Å². The Morgan fingerprint density at radius 3 is 2.46 bits per heavy atom. The van der Waals surface area contributed by atoms with E-state index in [1.54, 1.807) is 22.1 Å². The van der Waals surface area contributed by atoms with Gasteiger partial charge in [-0.2, -0.15) is 4.98 Å². The summed E-state index contributed by atoms with van der Waals surface area (Å²) in [5.74, 6) is 1.30. The zero-order valence-corrected chi connectivity index (χ0v) is 23.7. The van der Waals surface area contributed by atoms with E-state index in [9.17, 15) is 9.59 Å². The lowest BCUT2D eigenvalue weighted by Crippen LogP contribution is -2.48. The molecule has 0 aliphatic carbocycles. The molecule has 0 bridgehead atoms. The van der Waals surface area contributed by atoms with Crippen molar-refractivity contribution in [2.45, 2.75) is 39.5 Å². The lowest BCUT2D eigenvalue weighted by Gasteiger charge is -2.34. The van der Waals surface area contributed by atoms with Crippen LogP contribution in [-0.4, -0.2) is 77.3 Å². The molecule has 216 valence electrons. The van der Waals surface area contributed by atoms with Crippen molar-refractivity contribution in [3.8, 4) is 0 Å². The van der Waals surface area contributed by atoms with Crippen molar-refractivity contribution < 1.29 is 19.1 Å². The highest BCUT2D eigenvalue weighted by atomic mass is 16.6. The van der Waals surface area contributed by atoms with Gasteiger partial charge in [0, 0.05) is 45.5 Å². The molecule has 0 spiro atoms. The van der Waals surface area contributed by atoms with Crippen molar-refractivity contribution in [2.75, 3.05) is 49.5 Å². The number of carbonyl (C=O) groups is 2. The SMILES string of the molecule is CC(C)[C@H]1COC(=O)N1c1ccnc(NCCc2ccc(CN3CCN(C(=O)OCc4ccccc4)CC3)cc2)n1. The third kappa shape index (κ3) is 7.52. The summed E-state index contributed by atoms with van der Waals surface area (Å²) in [4.78, 5) is 39.3. The summed E-state index contributed by atoms with van der Waals surface area (Å²) in [5.41, 5.74) is 3.45. The van der Waals surface area contributed by atoms with Crippen LogP contribution < -0.4 is 10.2 Å². The normalized spacial score (nSPS) is 17.5. The third-order valence-electron chi connectivity index (χ3n) is 7.52. The standard InChI is InChI=1S/C31H38N6O4/c1-23(2)27-22-41-31(39)37(27)28-13-15-33-29(34-28)32-14-12-24-8-10-25(11-9-24)20-35-16-18-36(19-17-35)30(38)40-21-26-6-4-3-5-7-26/h3-11,13,15,23,27H,12,14,16-22H2,1-2H3,(H,32,33,34)/t27-/m1/s1. The van der Waals surface area contributed by atoms with E-state index in [-0.39, 0.29) is 24.1 Å². The Balaban J connectivity index is 1.04. The third-order valence-corrected chi connectivity index (χ3v) is 7.52. The number of aromatic nitrogens is 2. The largest absolute Gasteiger partial charge is 0.447 e. The van der Waals surface area contributed by atoms with E-state index < -0.39 is 0 Å². The number of hydrogen-bond acceptors (Lipinski definition) is 8. The molecule has 2 amide bonds. The topological polar surface area (TPSA) is 100 Å². The van der Waals surface area contributed by atoms with Gasteiger partial charge in [0.2, 0.25) is 5.95 Å². The minimum atomic E-state index is -0.364. The van der Waals surface area contributed by atoms with Gasteiger partial charge in [0.05, 0.1) is 6.04 Å². The van der Waals surface area contributed by atoms with Gasteiger partial charge in [-0.25, -0.2) is 14.6 Å². The van der Waals surface area contributed by atoms with Gasteiger partial charge < -0.3 is 19.7 Å². The van der Waals surface area contributed by atoms with Crippen LogP contribution in [0.25, 0.3) is 0 Å². The zero-order chi connectivity index (χ0) is 28.6. The van der Waals surface area contributed by atoms with Gasteiger partial charge in [-0.05, 0) is 35.1 Å². The molecule has 41 heavy (non-hydrogen) atoms. The van der Waals surface area contributed by atoms with Gasteiger partial charge in [0.1, 0.15) is 19.0 Å². The molecule has 1 atom stereocenters. The second kappa shape index (κ2) is 13.5. The fourth-order valence-electron chi connectivity index (χ4n) is 5.05. The highest BCUT2D eigenvalue weighted by Gasteiger charge is 2.37. The minimum absolute atomic E-state index is 0.0333. The highest BCUT2D eigenvalue weighted by Crippen LogP contribution is 2.26. The quantitative estimate of drug-likeness (QED) is 0.387. The first-order valence-electron chi connectivity index (χ1n) is 14.2. The Hall–Kier alpha value is -4.18. The first-order valence-corrected chi connectivity index (χ1v) is 14.2. The molecule has 3 aromatic rings. The molecule has 0 unspecified atom stereocenters. The predicted molar refractivity (Wildman–Crippen MR) is 157 cm³/mol. The van der Waals surface area contributed by atoms with Crippen LogP contribution >= 0.6 is 0 Å². The molecule has 1 N–H and O–H groups in total. The van der Waals surface area contributed by atoms with Crippen LogP contribution in [0.5, 0.6) is 0 Å². The maximum Gasteiger partial charge on any atom is 0.415 e. The van der Waals surface area contributed by atoms with Crippen molar-refractivity contribution in [1.29, 1.82) is 0 Å². The molecule has 2 saturated heterocycles. The van der Waals surface area contributed by atoms with Gasteiger partial charge in [-0.1, -0.05) is 68.4 Å². The predicted octanol–water partition coefficient (Wildman–Crippen LogP) is 4.57. The summed E-state index contributed by atoms with van der Waals surface area (Å²) < 4.78 is 10.7. The van der Waals surface area contributed by atoms with Crippen molar-refractivity contribution in [3.63, 3.8) is 0 Å². The van der Waals surface area contributed by atoms with E-state index >= 15 is 0 Å². The zero-order valence-electron chi connectivity index (χ0n) is 23.7. The van der Waals surface area contributed by atoms with Crippen LogP contribution in [-0.2, 0) is 29.0 Å². The molecule has 10 nitrogen and oxygen atoms in total. The number of anilines is 2. The van der Waals surface area contributed by atoms with E-state index in [0.29, 0.717) is 44.6 Å². The summed E-state index contributed by atoms with van der Waals surface area (Å²) in [6.07, 6.45) is 1.87. The molecule has 2 fully saturated rings. The number of piperazine rings is 1. The maximum absolute atomic E-state index is 12.4. The van der Waals surface area contributed by atoms with Crippen molar-refractivity contribution in [3.05, 3.63) is 83.6 Å². The van der Waals surface area contributed by atoms with Crippen LogP contribution in [0, 0.1) is 5.92 Å². The fraction of sp³-hybridized carbons (Fsp3) is 0.419. The molecule has 2 aliphatic rings. The number of amides is 2. The Bertz CT molecular complexity index is 1300. The van der Waals surface area contributed by atoms with Gasteiger partial charge in [0.15, 0.2) is 0 Å². The van der Waals surface area contributed by atoms with Gasteiger partial charge in [0.25, 0.3) is 0 Å². The number of benzene rings is 2. The molecule has 3 heterocycles.